The van der Waals surface area contributed by atoms with Crippen LogP contribution in [0.15, 0.2) is 42.5 Å². The van der Waals surface area contributed by atoms with Crippen LogP contribution in [-0.4, -0.2) is 16.9 Å². The molecule has 0 fully saturated rings. The van der Waals surface area contributed by atoms with Crippen molar-refractivity contribution in [3.8, 4) is 11.5 Å². The van der Waals surface area contributed by atoms with Gasteiger partial charge < -0.3 is 9.84 Å². The molecule has 0 aromatic heterocycles. The van der Waals surface area contributed by atoms with E-state index in [0.29, 0.717) is 17.1 Å². The standard InChI is InChI=1S/C15H11ClO4/c1-9(17)10-2-5-12(6-3-10)20-14-7-4-11(15(18)19)8-13(14)16/h2-8H,1H3,(H,18,19). The predicted molar refractivity (Wildman–Crippen MR) is 74.9 cm³/mol. The fourth-order valence-electron chi connectivity index (χ4n) is 1.60. The number of rotatable bonds is 4. The van der Waals surface area contributed by atoms with E-state index in [2.05, 4.69) is 0 Å². The van der Waals surface area contributed by atoms with Gasteiger partial charge in [-0.1, -0.05) is 11.6 Å². The number of carbonyl (C=O) groups excluding carboxylic acids is 1. The largest absolute Gasteiger partial charge is 0.478 e. The summed E-state index contributed by atoms with van der Waals surface area (Å²) in [6.45, 7) is 1.48. The molecule has 0 unspecified atom stereocenters. The SMILES string of the molecule is CC(=O)c1ccc(Oc2ccc(C(=O)O)cc2Cl)cc1. The molecule has 1 N–H and O–H groups in total. The molecule has 0 aliphatic heterocycles. The average Bonchev–Trinajstić information content (AvgIpc) is 2.41. The minimum Gasteiger partial charge on any atom is -0.478 e. The molecule has 20 heavy (non-hydrogen) atoms. The van der Waals surface area contributed by atoms with E-state index in [1.807, 2.05) is 0 Å². The third-order valence-electron chi connectivity index (χ3n) is 2.67. The van der Waals surface area contributed by atoms with E-state index in [4.69, 9.17) is 21.4 Å². The van der Waals surface area contributed by atoms with Crippen molar-refractivity contribution in [2.75, 3.05) is 0 Å². The first-order valence-electron chi connectivity index (χ1n) is 5.79. The molecule has 102 valence electrons. The van der Waals surface area contributed by atoms with Gasteiger partial charge in [-0.25, -0.2) is 4.79 Å². The van der Waals surface area contributed by atoms with Crippen molar-refractivity contribution in [3.63, 3.8) is 0 Å². The Bertz CT molecular complexity index is 662. The zero-order valence-electron chi connectivity index (χ0n) is 10.6. The van der Waals surface area contributed by atoms with E-state index < -0.39 is 5.97 Å². The highest BCUT2D eigenvalue weighted by Gasteiger charge is 2.09. The van der Waals surface area contributed by atoms with E-state index in [9.17, 15) is 9.59 Å². The van der Waals surface area contributed by atoms with Gasteiger partial charge in [-0.2, -0.15) is 0 Å². The summed E-state index contributed by atoms with van der Waals surface area (Å²) >= 11 is 5.96. The number of hydrogen-bond donors (Lipinski definition) is 1. The van der Waals surface area contributed by atoms with Crippen LogP contribution in [0, 0.1) is 0 Å². The number of halogens is 1. The number of aromatic carboxylic acids is 1. The zero-order valence-corrected chi connectivity index (χ0v) is 11.3. The summed E-state index contributed by atoms with van der Waals surface area (Å²) in [6, 6.07) is 10.8. The number of carbonyl (C=O) groups is 2. The summed E-state index contributed by atoms with van der Waals surface area (Å²) in [4.78, 5) is 21.9. The maximum absolute atomic E-state index is 11.2. The Hall–Kier alpha value is -2.33. The Morgan fingerprint density at radius 1 is 1.05 bits per heavy atom. The van der Waals surface area contributed by atoms with Gasteiger partial charge in [0.2, 0.25) is 0 Å². The first-order chi connectivity index (χ1) is 9.47. The summed E-state index contributed by atoms with van der Waals surface area (Å²) in [5.41, 5.74) is 0.680. The topological polar surface area (TPSA) is 63.6 Å². The van der Waals surface area contributed by atoms with Gasteiger partial charge in [0.1, 0.15) is 11.5 Å². The molecule has 4 nitrogen and oxygen atoms in total. The smallest absolute Gasteiger partial charge is 0.335 e. The molecule has 0 atom stereocenters. The molecule has 2 aromatic carbocycles. The summed E-state index contributed by atoms with van der Waals surface area (Å²) in [6.07, 6.45) is 0. The van der Waals surface area contributed by atoms with Crippen molar-refractivity contribution < 1.29 is 19.4 Å². The normalized spacial score (nSPS) is 10.1. The molecule has 0 aliphatic carbocycles. The van der Waals surface area contributed by atoms with Crippen molar-refractivity contribution >= 4 is 23.4 Å². The lowest BCUT2D eigenvalue weighted by molar-refractivity contribution is 0.0696. The third kappa shape index (κ3) is 3.16. The van der Waals surface area contributed by atoms with E-state index in [0.717, 1.165) is 0 Å². The molecule has 0 saturated heterocycles. The number of ether oxygens (including phenoxy) is 1. The minimum atomic E-state index is -1.05. The second-order valence-electron chi connectivity index (χ2n) is 4.13. The van der Waals surface area contributed by atoms with Crippen LogP contribution in [0.4, 0.5) is 0 Å². The molecule has 0 radical (unpaired) electrons. The molecule has 0 spiro atoms. The van der Waals surface area contributed by atoms with Gasteiger partial charge in [0.25, 0.3) is 0 Å². The molecule has 0 aliphatic rings. The molecule has 0 bridgehead atoms. The lowest BCUT2D eigenvalue weighted by Crippen LogP contribution is -1.96. The number of Topliss-reactive ketones (excluding diaryl/α,β-unsaturated/α-hetero) is 1. The van der Waals surface area contributed by atoms with Crippen molar-refractivity contribution in [3.05, 3.63) is 58.6 Å². The highest BCUT2D eigenvalue weighted by Crippen LogP contribution is 2.30. The molecule has 2 aromatic rings. The zero-order chi connectivity index (χ0) is 14.7. The maximum atomic E-state index is 11.2. The van der Waals surface area contributed by atoms with Crippen LogP contribution in [0.1, 0.15) is 27.6 Å². The Kier molecular flexibility index (Phi) is 4.05. The van der Waals surface area contributed by atoms with E-state index in [1.165, 1.54) is 25.1 Å². The van der Waals surface area contributed by atoms with Crippen LogP contribution in [0.2, 0.25) is 5.02 Å². The van der Waals surface area contributed by atoms with Gasteiger partial charge in [0.05, 0.1) is 10.6 Å². The highest BCUT2D eigenvalue weighted by molar-refractivity contribution is 6.32. The Labute approximate surface area is 120 Å². The lowest BCUT2D eigenvalue weighted by Gasteiger charge is -2.08. The van der Waals surface area contributed by atoms with E-state index in [-0.39, 0.29) is 16.4 Å². The van der Waals surface area contributed by atoms with Crippen LogP contribution in [0.5, 0.6) is 11.5 Å². The summed E-state index contributed by atoms with van der Waals surface area (Å²) in [5, 5.41) is 9.05. The van der Waals surface area contributed by atoms with Crippen molar-refractivity contribution in [1.29, 1.82) is 0 Å². The molecule has 0 heterocycles. The van der Waals surface area contributed by atoms with Crippen molar-refractivity contribution in [1.82, 2.24) is 0 Å². The number of carboxylic acid groups (broad SMARTS) is 1. The summed E-state index contributed by atoms with van der Waals surface area (Å²) < 4.78 is 5.54. The van der Waals surface area contributed by atoms with Gasteiger partial charge in [-0.15, -0.1) is 0 Å². The van der Waals surface area contributed by atoms with Gasteiger partial charge in [-0.05, 0) is 49.4 Å². The molecular weight excluding hydrogens is 280 g/mol. The van der Waals surface area contributed by atoms with Gasteiger partial charge >= 0.3 is 5.97 Å². The van der Waals surface area contributed by atoms with Gasteiger partial charge in [-0.3, -0.25) is 4.79 Å². The average molecular weight is 291 g/mol. The first kappa shape index (κ1) is 14.1. The first-order valence-corrected chi connectivity index (χ1v) is 6.17. The lowest BCUT2D eigenvalue weighted by atomic mass is 10.1. The molecular formula is C15H11ClO4. The Morgan fingerprint density at radius 3 is 2.15 bits per heavy atom. The third-order valence-corrected chi connectivity index (χ3v) is 2.96. The molecule has 0 amide bonds. The number of ketones is 1. The highest BCUT2D eigenvalue weighted by atomic mass is 35.5. The second-order valence-corrected chi connectivity index (χ2v) is 4.54. The number of benzene rings is 2. The Morgan fingerprint density at radius 2 is 1.65 bits per heavy atom. The molecule has 5 heteroatoms. The summed E-state index contributed by atoms with van der Waals surface area (Å²) in [7, 11) is 0. The minimum absolute atomic E-state index is 0.0274. The number of hydrogen-bond acceptors (Lipinski definition) is 3. The predicted octanol–water partition coefficient (Wildman–Crippen LogP) is 4.03. The molecule has 2 rings (SSSR count). The Balaban J connectivity index is 2.21. The van der Waals surface area contributed by atoms with Crippen LogP contribution in [0.3, 0.4) is 0 Å². The van der Waals surface area contributed by atoms with Crippen LogP contribution >= 0.6 is 11.6 Å². The van der Waals surface area contributed by atoms with Crippen LogP contribution < -0.4 is 4.74 Å². The monoisotopic (exact) mass is 290 g/mol. The molecule has 0 saturated carbocycles. The van der Waals surface area contributed by atoms with Crippen molar-refractivity contribution in [2.45, 2.75) is 6.92 Å². The number of carboxylic acids is 1. The van der Waals surface area contributed by atoms with Gasteiger partial charge in [0.15, 0.2) is 5.78 Å². The van der Waals surface area contributed by atoms with E-state index >= 15 is 0 Å². The fraction of sp³-hybridized carbons (Fsp3) is 0.0667. The summed E-state index contributed by atoms with van der Waals surface area (Å²) in [5.74, 6) is -0.211. The maximum Gasteiger partial charge on any atom is 0.335 e. The van der Waals surface area contributed by atoms with Crippen molar-refractivity contribution in [2.24, 2.45) is 0 Å². The second kappa shape index (κ2) is 5.75. The quantitative estimate of drug-likeness (QED) is 0.863. The van der Waals surface area contributed by atoms with Crippen LogP contribution in [0.25, 0.3) is 0 Å². The fourth-order valence-corrected chi connectivity index (χ4v) is 1.82. The van der Waals surface area contributed by atoms with E-state index in [1.54, 1.807) is 24.3 Å². The van der Waals surface area contributed by atoms with Crippen LogP contribution in [-0.2, 0) is 0 Å². The van der Waals surface area contributed by atoms with Gasteiger partial charge in [0, 0.05) is 5.56 Å².